The molecule has 2 aromatic carbocycles. The van der Waals surface area contributed by atoms with E-state index in [9.17, 15) is 18.9 Å². The summed E-state index contributed by atoms with van der Waals surface area (Å²) in [6.07, 6.45) is 0. The average Bonchev–Trinajstić information content (AvgIpc) is 2.45. The van der Waals surface area contributed by atoms with Gasteiger partial charge in [-0.2, -0.15) is 0 Å². The minimum absolute atomic E-state index is 0.0191. The summed E-state index contributed by atoms with van der Waals surface area (Å²) in [5, 5.41) is 10.6. The van der Waals surface area contributed by atoms with Gasteiger partial charge in [0.15, 0.2) is 11.6 Å². The van der Waals surface area contributed by atoms with Crippen LogP contribution in [0.25, 0.3) is 0 Å². The lowest BCUT2D eigenvalue weighted by atomic mass is 10.3. The minimum Gasteiger partial charge on any atom is -0.490 e. The molecule has 0 spiro atoms. The third kappa shape index (κ3) is 4.13. The number of benzene rings is 2. The first-order valence-electron chi connectivity index (χ1n) is 6.01. The van der Waals surface area contributed by atoms with Crippen molar-refractivity contribution in [2.24, 2.45) is 0 Å². The Bertz CT molecular complexity index is 649. The molecule has 2 aromatic rings. The Balaban J connectivity index is 1.84. The maximum absolute atomic E-state index is 13.3. The molecule has 0 saturated carbocycles. The number of rotatable bonds is 6. The first-order valence-corrected chi connectivity index (χ1v) is 6.01. The maximum atomic E-state index is 13.3. The Hall–Kier alpha value is -2.70. The van der Waals surface area contributed by atoms with Crippen molar-refractivity contribution >= 4 is 5.69 Å². The van der Waals surface area contributed by atoms with E-state index in [1.54, 1.807) is 6.07 Å². The van der Waals surface area contributed by atoms with Crippen LogP contribution in [0.1, 0.15) is 0 Å². The molecule has 7 heteroatoms. The molecule has 0 heterocycles. The van der Waals surface area contributed by atoms with Crippen LogP contribution in [0.4, 0.5) is 14.5 Å². The van der Waals surface area contributed by atoms with Gasteiger partial charge in [-0.25, -0.2) is 8.78 Å². The molecule has 0 aliphatic rings. The molecule has 0 aliphatic carbocycles. The molecule has 0 radical (unpaired) electrons. The number of hydrogen-bond acceptors (Lipinski definition) is 4. The minimum atomic E-state index is -0.801. The molecule has 0 aliphatic heterocycles. The van der Waals surface area contributed by atoms with Gasteiger partial charge < -0.3 is 9.47 Å². The summed E-state index contributed by atoms with van der Waals surface area (Å²) in [6, 6.07) is 8.66. The predicted octanol–water partition coefficient (Wildman–Crippen LogP) is 3.33. The molecule has 0 fully saturated rings. The van der Waals surface area contributed by atoms with Crippen molar-refractivity contribution in [3.8, 4) is 11.5 Å². The fourth-order valence-corrected chi connectivity index (χ4v) is 1.59. The van der Waals surface area contributed by atoms with Gasteiger partial charge in [0.2, 0.25) is 0 Å². The quantitative estimate of drug-likeness (QED) is 0.466. The van der Waals surface area contributed by atoms with Gasteiger partial charge in [0, 0.05) is 12.1 Å². The molecule has 21 heavy (non-hydrogen) atoms. The first kappa shape index (κ1) is 14.7. The zero-order chi connectivity index (χ0) is 15.2. The lowest BCUT2D eigenvalue weighted by molar-refractivity contribution is -0.384. The molecule has 5 nitrogen and oxygen atoms in total. The summed E-state index contributed by atoms with van der Waals surface area (Å²) in [6.45, 7) is 0.0865. The van der Waals surface area contributed by atoms with Crippen molar-refractivity contribution in [3.05, 3.63) is 64.2 Å². The van der Waals surface area contributed by atoms with Crippen molar-refractivity contribution in [1.82, 2.24) is 0 Å². The van der Waals surface area contributed by atoms with Crippen molar-refractivity contribution in [2.75, 3.05) is 13.2 Å². The number of halogens is 2. The molecule has 0 N–H and O–H groups in total. The highest BCUT2D eigenvalue weighted by Gasteiger charge is 2.07. The molecular formula is C14H11F2NO4. The monoisotopic (exact) mass is 295 g/mol. The third-order valence-corrected chi connectivity index (χ3v) is 2.53. The van der Waals surface area contributed by atoms with Crippen molar-refractivity contribution in [3.63, 3.8) is 0 Å². The summed E-state index contributed by atoms with van der Waals surface area (Å²) in [5.74, 6) is -1.26. The number of ether oxygens (including phenoxy) is 2. The normalized spacial score (nSPS) is 10.2. The standard InChI is InChI=1S/C14H11F2NO4/c15-10-4-5-14(13(16)8-10)21-7-6-20-12-3-1-2-11(9-12)17(18)19/h1-5,8-9H,6-7H2. The molecule has 110 valence electrons. The van der Waals surface area contributed by atoms with Crippen LogP contribution < -0.4 is 9.47 Å². The highest BCUT2D eigenvalue weighted by molar-refractivity contribution is 5.37. The maximum Gasteiger partial charge on any atom is 0.273 e. The Morgan fingerprint density at radius 2 is 1.81 bits per heavy atom. The van der Waals surface area contributed by atoms with E-state index in [2.05, 4.69) is 0 Å². The Morgan fingerprint density at radius 3 is 2.52 bits per heavy atom. The van der Waals surface area contributed by atoms with E-state index in [0.717, 1.165) is 12.1 Å². The Morgan fingerprint density at radius 1 is 1.05 bits per heavy atom. The molecule has 0 aromatic heterocycles. The number of non-ortho nitro benzene ring substituents is 1. The largest absolute Gasteiger partial charge is 0.490 e. The first-order chi connectivity index (χ1) is 10.1. The van der Waals surface area contributed by atoms with Crippen LogP contribution in [-0.4, -0.2) is 18.1 Å². The summed E-state index contributed by atoms with van der Waals surface area (Å²) < 4.78 is 36.3. The summed E-state index contributed by atoms with van der Waals surface area (Å²) in [4.78, 5) is 10.1. The summed E-state index contributed by atoms with van der Waals surface area (Å²) in [7, 11) is 0. The fourth-order valence-electron chi connectivity index (χ4n) is 1.59. The van der Waals surface area contributed by atoms with E-state index in [1.807, 2.05) is 0 Å². The lowest BCUT2D eigenvalue weighted by Gasteiger charge is -2.08. The van der Waals surface area contributed by atoms with Crippen molar-refractivity contribution in [2.45, 2.75) is 0 Å². The smallest absolute Gasteiger partial charge is 0.273 e. The van der Waals surface area contributed by atoms with Crippen LogP contribution in [0.15, 0.2) is 42.5 Å². The molecule has 0 saturated heterocycles. The summed E-state index contributed by atoms with van der Waals surface area (Å²) in [5.41, 5.74) is -0.0852. The van der Waals surface area contributed by atoms with Gasteiger partial charge in [0.05, 0.1) is 11.0 Å². The van der Waals surface area contributed by atoms with E-state index in [0.29, 0.717) is 5.75 Å². The fraction of sp³-hybridized carbons (Fsp3) is 0.143. The number of nitro benzene ring substituents is 1. The van der Waals surface area contributed by atoms with Gasteiger partial charge in [-0.1, -0.05) is 6.07 Å². The topological polar surface area (TPSA) is 61.6 Å². The van der Waals surface area contributed by atoms with Gasteiger partial charge in [-0.15, -0.1) is 0 Å². The second-order valence-electron chi connectivity index (χ2n) is 4.03. The van der Waals surface area contributed by atoms with Crippen LogP contribution in [-0.2, 0) is 0 Å². The van der Waals surface area contributed by atoms with E-state index in [4.69, 9.17) is 9.47 Å². The van der Waals surface area contributed by atoms with Gasteiger partial charge in [0.25, 0.3) is 5.69 Å². The number of hydrogen-bond donors (Lipinski definition) is 0. The highest BCUT2D eigenvalue weighted by atomic mass is 19.1. The van der Waals surface area contributed by atoms with Gasteiger partial charge in [-0.3, -0.25) is 10.1 Å². The number of nitro groups is 1. The second-order valence-corrected chi connectivity index (χ2v) is 4.03. The predicted molar refractivity (Wildman–Crippen MR) is 70.4 cm³/mol. The average molecular weight is 295 g/mol. The van der Waals surface area contributed by atoms with Gasteiger partial charge in [0.1, 0.15) is 24.8 Å². The van der Waals surface area contributed by atoms with E-state index in [1.165, 1.54) is 24.3 Å². The van der Waals surface area contributed by atoms with Gasteiger partial charge in [-0.05, 0) is 18.2 Å². The third-order valence-electron chi connectivity index (χ3n) is 2.53. The van der Waals surface area contributed by atoms with E-state index >= 15 is 0 Å². The molecule has 0 unspecified atom stereocenters. The zero-order valence-corrected chi connectivity index (χ0v) is 10.8. The molecule has 0 bridgehead atoms. The zero-order valence-electron chi connectivity index (χ0n) is 10.8. The Kier molecular flexibility index (Phi) is 4.65. The lowest BCUT2D eigenvalue weighted by Crippen LogP contribution is -2.09. The SMILES string of the molecule is O=[N+]([O-])c1cccc(OCCOc2ccc(F)cc2F)c1. The second kappa shape index (κ2) is 6.65. The van der Waals surface area contributed by atoms with Crippen LogP contribution in [0.5, 0.6) is 11.5 Å². The van der Waals surface area contributed by atoms with Gasteiger partial charge >= 0.3 is 0 Å². The van der Waals surface area contributed by atoms with Crippen molar-refractivity contribution < 1.29 is 23.2 Å². The van der Waals surface area contributed by atoms with E-state index < -0.39 is 16.6 Å². The van der Waals surface area contributed by atoms with Crippen LogP contribution >= 0.6 is 0 Å². The molecule has 0 amide bonds. The molecule has 0 atom stereocenters. The Labute approximate surface area is 118 Å². The van der Waals surface area contributed by atoms with Crippen LogP contribution in [0, 0.1) is 21.7 Å². The van der Waals surface area contributed by atoms with Crippen LogP contribution in [0.3, 0.4) is 0 Å². The van der Waals surface area contributed by atoms with Crippen LogP contribution in [0.2, 0.25) is 0 Å². The van der Waals surface area contributed by atoms with Crippen molar-refractivity contribution in [1.29, 1.82) is 0 Å². The van der Waals surface area contributed by atoms with E-state index in [-0.39, 0.29) is 24.7 Å². The molecular weight excluding hydrogens is 284 g/mol. The summed E-state index contributed by atoms with van der Waals surface area (Å²) >= 11 is 0. The highest BCUT2D eigenvalue weighted by Crippen LogP contribution is 2.20. The number of nitrogens with zero attached hydrogens (tertiary/aromatic N) is 1. The molecule has 2 rings (SSSR count).